The van der Waals surface area contributed by atoms with Crippen molar-refractivity contribution in [2.75, 3.05) is 0 Å². The predicted molar refractivity (Wildman–Crippen MR) is 77.9 cm³/mol. The lowest BCUT2D eigenvalue weighted by Crippen LogP contribution is -2.34. The van der Waals surface area contributed by atoms with Crippen LogP contribution < -0.4 is 5.32 Å². The number of carbonyl (C=O) groups excluding carboxylic acids is 1. The zero-order chi connectivity index (χ0) is 13.7. The SMILES string of the molecule is CC(C)C(C)NC(=O)/C=C/c1ccc(Cl)cc1Cl. The van der Waals surface area contributed by atoms with E-state index in [1.54, 1.807) is 24.3 Å². The molecule has 0 radical (unpaired) electrons. The molecule has 0 aromatic heterocycles. The highest BCUT2D eigenvalue weighted by Gasteiger charge is 2.08. The van der Waals surface area contributed by atoms with Gasteiger partial charge in [0.25, 0.3) is 0 Å². The van der Waals surface area contributed by atoms with E-state index in [9.17, 15) is 4.79 Å². The molecule has 0 saturated heterocycles. The fourth-order valence-corrected chi connectivity index (χ4v) is 1.71. The third-order valence-electron chi connectivity index (χ3n) is 2.75. The van der Waals surface area contributed by atoms with Gasteiger partial charge in [-0.25, -0.2) is 0 Å². The summed E-state index contributed by atoms with van der Waals surface area (Å²) in [4.78, 5) is 11.6. The third kappa shape index (κ3) is 4.71. The Bertz CT molecular complexity index is 455. The molecule has 1 rings (SSSR count). The lowest BCUT2D eigenvalue weighted by atomic mass is 10.1. The Balaban J connectivity index is 2.66. The van der Waals surface area contributed by atoms with Gasteiger partial charge in [-0.1, -0.05) is 43.1 Å². The van der Waals surface area contributed by atoms with Gasteiger partial charge >= 0.3 is 0 Å². The van der Waals surface area contributed by atoms with Crippen molar-refractivity contribution in [2.24, 2.45) is 5.92 Å². The van der Waals surface area contributed by atoms with E-state index in [1.165, 1.54) is 6.08 Å². The predicted octanol–water partition coefficient (Wildman–Crippen LogP) is 4.17. The number of carbonyl (C=O) groups is 1. The van der Waals surface area contributed by atoms with Crippen molar-refractivity contribution in [2.45, 2.75) is 26.8 Å². The molecule has 98 valence electrons. The van der Waals surface area contributed by atoms with Crippen LogP contribution in [0.5, 0.6) is 0 Å². The summed E-state index contributed by atoms with van der Waals surface area (Å²) in [5, 5.41) is 4.00. The summed E-state index contributed by atoms with van der Waals surface area (Å²) >= 11 is 11.8. The number of halogens is 2. The smallest absolute Gasteiger partial charge is 0.244 e. The first-order valence-electron chi connectivity index (χ1n) is 5.83. The van der Waals surface area contributed by atoms with Crippen LogP contribution in [-0.2, 0) is 4.79 Å². The quantitative estimate of drug-likeness (QED) is 0.827. The Kier molecular flexibility index (Phi) is 5.70. The highest BCUT2D eigenvalue weighted by atomic mass is 35.5. The number of rotatable bonds is 4. The van der Waals surface area contributed by atoms with Gasteiger partial charge in [0.2, 0.25) is 5.91 Å². The molecular formula is C14H17Cl2NO. The van der Waals surface area contributed by atoms with Crippen LogP contribution in [0, 0.1) is 5.92 Å². The summed E-state index contributed by atoms with van der Waals surface area (Å²) in [6.07, 6.45) is 3.16. The Labute approximate surface area is 118 Å². The van der Waals surface area contributed by atoms with Crippen LogP contribution in [0.3, 0.4) is 0 Å². The molecule has 0 spiro atoms. The lowest BCUT2D eigenvalue weighted by molar-refractivity contribution is -0.117. The molecule has 0 bridgehead atoms. The first-order chi connectivity index (χ1) is 8.40. The van der Waals surface area contributed by atoms with Gasteiger partial charge in [0.05, 0.1) is 0 Å². The van der Waals surface area contributed by atoms with E-state index in [-0.39, 0.29) is 11.9 Å². The molecule has 1 amide bonds. The standard InChI is InChI=1S/C14H17Cl2NO/c1-9(2)10(3)17-14(18)7-5-11-4-6-12(15)8-13(11)16/h4-10H,1-3H3,(H,17,18)/b7-5+. The Morgan fingerprint density at radius 2 is 1.94 bits per heavy atom. The van der Waals surface area contributed by atoms with E-state index in [1.807, 2.05) is 6.92 Å². The van der Waals surface area contributed by atoms with Gasteiger partial charge in [-0.3, -0.25) is 4.79 Å². The van der Waals surface area contributed by atoms with E-state index in [2.05, 4.69) is 19.2 Å². The molecule has 0 fully saturated rings. The van der Waals surface area contributed by atoms with E-state index in [0.29, 0.717) is 16.0 Å². The van der Waals surface area contributed by atoms with Crippen LogP contribution in [-0.4, -0.2) is 11.9 Å². The van der Waals surface area contributed by atoms with E-state index in [4.69, 9.17) is 23.2 Å². The molecule has 0 aliphatic rings. The van der Waals surface area contributed by atoms with Crippen LogP contribution in [0.25, 0.3) is 6.08 Å². The number of amides is 1. The molecule has 1 aromatic rings. The molecule has 1 aromatic carbocycles. The highest BCUT2D eigenvalue weighted by molar-refractivity contribution is 6.35. The molecule has 0 saturated carbocycles. The maximum atomic E-state index is 11.6. The average molecular weight is 286 g/mol. The summed E-state index contributed by atoms with van der Waals surface area (Å²) in [6.45, 7) is 6.10. The van der Waals surface area contributed by atoms with Gasteiger partial charge in [0.1, 0.15) is 0 Å². The van der Waals surface area contributed by atoms with E-state index < -0.39 is 0 Å². The molecule has 1 atom stereocenters. The Morgan fingerprint density at radius 1 is 1.28 bits per heavy atom. The molecule has 1 unspecified atom stereocenters. The van der Waals surface area contributed by atoms with Crippen molar-refractivity contribution in [1.82, 2.24) is 5.32 Å². The minimum absolute atomic E-state index is 0.123. The molecule has 18 heavy (non-hydrogen) atoms. The summed E-state index contributed by atoms with van der Waals surface area (Å²) in [7, 11) is 0. The van der Waals surface area contributed by atoms with Crippen LogP contribution in [0.15, 0.2) is 24.3 Å². The number of hydrogen-bond donors (Lipinski definition) is 1. The number of benzene rings is 1. The van der Waals surface area contributed by atoms with Crippen molar-refractivity contribution >= 4 is 35.2 Å². The normalized spacial score (nSPS) is 13.0. The van der Waals surface area contributed by atoms with Gasteiger partial charge in [-0.15, -0.1) is 0 Å². The fraction of sp³-hybridized carbons (Fsp3) is 0.357. The minimum Gasteiger partial charge on any atom is -0.350 e. The zero-order valence-corrected chi connectivity index (χ0v) is 12.2. The van der Waals surface area contributed by atoms with E-state index in [0.717, 1.165) is 5.56 Å². The van der Waals surface area contributed by atoms with Crippen LogP contribution >= 0.6 is 23.2 Å². The first kappa shape index (κ1) is 15.1. The van der Waals surface area contributed by atoms with Crippen LogP contribution in [0.4, 0.5) is 0 Å². The summed E-state index contributed by atoms with van der Waals surface area (Å²) in [5.41, 5.74) is 0.772. The second-order valence-corrected chi connectivity index (χ2v) is 5.38. The molecule has 0 aliphatic heterocycles. The minimum atomic E-state index is -0.123. The average Bonchev–Trinajstić information content (AvgIpc) is 2.27. The first-order valence-corrected chi connectivity index (χ1v) is 6.59. The van der Waals surface area contributed by atoms with Crippen molar-refractivity contribution in [3.63, 3.8) is 0 Å². The van der Waals surface area contributed by atoms with Crippen LogP contribution in [0.1, 0.15) is 26.3 Å². The number of hydrogen-bond acceptors (Lipinski definition) is 1. The maximum Gasteiger partial charge on any atom is 0.244 e. The molecule has 2 nitrogen and oxygen atoms in total. The molecular weight excluding hydrogens is 269 g/mol. The van der Waals surface area contributed by atoms with Gasteiger partial charge in [0.15, 0.2) is 0 Å². The largest absolute Gasteiger partial charge is 0.350 e. The van der Waals surface area contributed by atoms with Crippen molar-refractivity contribution in [3.05, 3.63) is 39.9 Å². The molecule has 1 N–H and O–H groups in total. The van der Waals surface area contributed by atoms with Crippen molar-refractivity contribution in [3.8, 4) is 0 Å². The lowest BCUT2D eigenvalue weighted by Gasteiger charge is -2.15. The van der Waals surface area contributed by atoms with Crippen molar-refractivity contribution in [1.29, 1.82) is 0 Å². The number of nitrogens with one attached hydrogen (secondary N) is 1. The molecule has 0 heterocycles. The second kappa shape index (κ2) is 6.81. The summed E-state index contributed by atoms with van der Waals surface area (Å²) < 4.78 is 0. The molecule has 4 heteroatoms. The fourth-order valence-electron chi connectivity index (χ4n) is 1.24. The monoisotopic (exact) mass is 285 g/mol. The van der Waals surface area contributed by atoms with Gasteiger partial charge in [0, 0.05) is 22.2 Å². The van der Waals surface area contributed by atoms with Gasteiger partial charge < -0.3 is 5.32 Å². The Hall–Kier alpha value is -0.990. The Morgan fingerprint density at radius 3 is 2.50 bits per heavy atom. The van der Waals surface area contributed by atoms with Crippen molar-refractivity contribution < 1.29 is 4.79 Å². The van der Waals surface area contributed by atoms with E-state index >= 15 is 0 Å². The maximum absolute atomic E-state index is 11.6. The molecule has 0 aliphatic carbocycles. The highest BCUT2D eigenvalue weighted by Crippen LogP contribution is 2.21. The van der Waals surface area contributed by atoms with Crippen LogP contribution in [0.2, 0.25) is 10.0 Å². The van der Waals surface area contributed by atoms with Gasteiger partial charge in [-0.05, 0) is 36.6 Å². The summed E-state index contributed by atoms with van der Waals surface area (Å²) in [5.74, 6) is 0.281. The summed E-state index contributed by atoms with van der Waals surface area (Å²) in [6, 6.07) is 5.31. The third-order valence-corrected chi connectivity index (χ3v) is 3.31. The zero-order valence-electron chi connectivity index (χ0n) is 10.7. The second-order valence-electron chi connectivity index (χ2n) is 4.54. The topological polar surface area (TPSA) is 29.1 Å². The van der Waals surface area contributed by atoms with Gasteiger partial charge in [-0.2, -0.15) is 0 Å².